The van der Waals surface area contributed by atoms with Crippen molar-refractivity contribution in [2.75, 3.05) is 12.3 Å². The summed E-state index contributed by atoms with van der Waals surface area (Å²) in [6.45, 7) is 2.59. The van der Waals surface area contributed by atoms with Gasteiger partial charge in [0.1, 0.15) is 0 Å². The molecule has 0 aromatic heterocycles. The molecule has 1 aromatic rings. The fourth-order valence-corrected chi connectivity index (χ4v) is 3.90. The minimum Gasteiger partial charge on any atom is -0.399 e. The van der Waals surface area contributed by atoms with Crippen molar-refractivity contribution in [3.8, 4) is 0 Å². The van der Waals surface area contributed by atoms with Crippen LogP contribution < -0.4 is 5.73 Å². The van der Waals surface area contributed by atoms with Crippen LogP contribution in [0.1, 0.15) is 26.2 Å². The molecular formula is C12H18N2O2S. The summed E-state index contributed by atoms with van der Waals surface area (Å²) in [5.41, 5.74) is 6.15. The number of nitrogens with two attached hydrogens (primary N) is 1. The summed E-state index contributed by atoms with van der Waals surface area (Å²) in [4.78, 5) is 0.334. The molecule has 0 bridgehead atoms. The number of nitrogens with zero attached hydrogens (tertiary/aromatic N) is 1. The van der Waals surface area contributed by atoms with Crippen LogP contribution in [-0.4, -0.2) is 25.3 Å². The highest BCUT2D eigenvalue weighted by Crippen LogP contribution is 2.25. The van der Waals surface area contributed by atoms with E-state index in [1.807, 2.05) is 6.92 Å². The van der Waals surface area contributed by atoms with Gasteiger partial charge in [-0.3, -0.25) is 0 Å². The average molecular weight is 254 g/mol. The van der Waals surface area contributed by atoms with Crippen LogP contribution in [0.5, 0.6) is 0 Å². The van der Waals surface area contributed by atoms with E-state index >= 15 is 0 Å². The third-order valence-corrected chi connectivity index (χ3v) is 5.26. The number of hydrogen-bond donors (Lipinski definition) is 1. The molecule has 1 aromatic carbocycles. The molecule has 1 fully saturated rings. The van der Waals surface area contributed by atoms with E-state index in [1.165, 1.54) is 0 Å². The first-order valence-corrected chi connectivity index (χ1v) is 7.33. The van der Waals surface area contributed by atoms with Crippen molar-refractivity contribution < 1.29 is 8.42 Å². The lowest BCUT2D eigenvalue weighted by atomic mass is 10.1. The molecule has 1 aliphatic rings. The van der Waals surface area contributed by atoms with Crippen LogP contribution in [-0.2, 0) is 10.0 Å². The summed E-state index contributed by atoms with van der Waals surface area (Å²) in [6, 6.07) is 6.49. The van der Waals surface area contributed by atoms with Crippen LogP contribution in [0.25, 0.3) is 0 Å². The van der Waals surface area contributed by atoms with Gasteiger partial charge in [0, 0.05) is 18.3 Å². The van der Waals surface area contributed by atoms with Crippen LogP contribution in [0.15, 0.2) is 29.2 Å². The van der Waals surface area contributed by atoms with Crippen LogP contribution >= 0.6 is 0 Å². The van der Waals surface area contributed by atoms with Gasteiger partial charge < -0.3 is 5.73 Å². The average Bonchev–Trinajstić information content (AvgIpc) is 2.30. The Bertz CT molecular complexity index is 482. The second kappa shape index (κ2) is 4.66. The monoisotopic (exact) mass is 254 g/mol. The Hall–Kier alpha value is -1.07. The topological polar surface area (TPSA) is 63.4 Å². The van der Waals surface area contributed by atoms with Crippen molar-refractivity contribution in [2.45, 2.75) is 37.1 Å². The molecule has 1 heterocycles. The highest BCUT2D eigenvalue weighted by atomic mass is 32.2. The van der Waals surface area contributed by atoms with Gasteiger partial charge in [-0.1, -0.05) is 6.42 Å². The number of piperidine rings is 1. The summed E-state index contributed by atoms with van der Waals surface area (Å²) in [5.74, 6) is 0. The summed E-state index contributed by atoms with van der Waals surface area (Å²) in [7, 11) is -3.35. The van der Waals surface area contributed by atoms with Crippen molar-refractivity contribution in [1.29, 1.82) is 0 Å². The predicted octanol–water partition coefficient (Wildman–Crippen LogP) is 1.83. The van der Waals surface area contributed by atoms with Gasteiger partial charge in [0.2, 0.25) is 10.0 Å². The highest BCUT2D eigenvalue weighted by Gasteiger charge is 2.30. The summed E-state index contributed by atoms with van der Waals surface area (Å²) >= 11 is 0. The molecule has 4 nitrogen and oxygen atoms in total. The summed E-state index contributed by atoms with van der Waals surface area (Å²) < 4.78 is 26.4. The van der Waals surface area contributed by atoms with E-state index < -0.39 is 10.0 Å². The molecule has 0 unspecified atom stereocenters. The number of nitrogen functional groups attached to an aromatic ring is 1. The second-order valence-electron chi connectivity index (χ2n) is 4.53. The largest absolute Gasteiger partial charge is 0.399 e. The van der Waals surface area contributed by atoms with E-state index in [2.05, 4.69) is 0 Å². The Kier molecular flexibility index (Phi) is 3.40. The van der Waals surface area contributed by atoms with Crippen molar-refractivity contribution in [1.82, 2.24) is 4.31 Å². The van der Waals surface area contributed by atoms with Gasteiger partial charge >= 0.3 is 0 Å². The molecular weight excluding hydrogens is 236 g/mol. The molecule has 0 amide bonds. The Morgan fingerprint density at radius 3 is 2.47 bits per heavy atom. The maximum Gasteiger partial charge on any atom is 0.243 e. The third-order valence-electron chi connectivity index (χ3n) is 3.23. The number of hydrogen-bond acceptors (Lipinski definition) is 3. The molecule has 0 saturated carbocycles. The Labute approximate surface area is 102 Å². The lowest BCUT2D eigenvalue weighted by molar-refractivity contribution is 0.268. The van der Waals surface area contributed by atoms with Crippen molar-refractivity contribution in [3.05, 3.63) is 24.3 Å². The molecule has 17 heavy (non-hydrogen) atoms. The van der Waals surface area contributed by atoms with Crippen LogP contribution in [0.2, 0.25) is 0 Å². The smallest absolute Gasteiger partial charge is 0.243 e. The Morgan fingerprint density at radius 2 is 1.88 bits per heavy atom. The second-order valence-corrected chi connectivity index (χ2v) is 6.42. The fraction of sp³-hybridized carbons (Fsp3) is 0.500. The SMILES string of the molecule is C[C@H]1CCCCN1S(=O)(=O)c1ccc(N)cc1. The molecule has 94 valence electrons. The minimum atomic E-state index is -3.35. The van der Waals surface area contributed by atoms with Crippen molar-refractivity contribution >= 4 is 15.7 Å². The molecule has 0 spiro atoms. The zero-order valence-electron chi connectivity index (χ0n) is 9.96. The van der Waals surface area contributed by atoms with Gasteiger partial charge in [0.25, 0.3) is 0 Å². The third kappa shape index (κ3) is 2.45. The Morgan fingerprint density at radius 1 is 1.24 bits per heavy atom. The molecule has 2 N–H and O–H groups in total. The number of benzene rings is 1. The first kappa shape index (κ1) is 12.4. The molecule has 1 saturated heterocycles. The molecule has 1 aliphatic heterocycles. The summed E-state index contributed by atoms with van der Waals surface area (Å²) in [6.07, 6.45) is 2.99. The maximum absolute atomic E-state index is 12.4. The zero-order valence-corrected chi connectivity index (χ0v) is 10.8. The minimum absolute atomic E-state index is 0.0892. The van der Waals surface area contributed by atoms with Gasteiger partial charge in [-0.15, -0.1) is 0 Å². The van der Waals surface area contributed by atoms with Crippen molar-refractivity contribution in [2.24, 2.45) is 0 Å². The first-order valence-electron chi connectivity index (χ1n) is 5.89. The van der Waals surface area contributed by atoms with Gasteiger partial charge in [0.15, 0.2) is 0 Å². The van der Waals surface area contributed by atoms with Crippen LogP contribution in [0.4, 0.5) is 5.69 Å². The fourth-order valence-electron chi connectivity index (χ4n) is 2.20. The van der Waals surface area contributed by atoms with E-state index in [9.17, 15) is 8.42 Å². The van der Waals surface area contributed by atoms with Crippen LogP contribution in [0, 0.1) is 0 Å². The number of sulfonamides is 1. The lowest BCUT2D eigenvalue weighted by Crippen LogP contribution is -2.41. The zero-order chi connectivity index (χ0) is 12.5. The molecule has 5 heteroatoms. The van der Waals surface area contributed by atoms with Gasteiger partial charge in [-0.25, -0.2) is 8.42 Å². The molecule has 0 radical (unpaired) electrons. The van der Waals surface area contributed by atoms with E-state index in [0.717, 1.165) is 19.3 Å². The van der Waals surface area contributed by atoms with E-state index in [1.54, 1.807) is 28.6 Å². The van der Waals surface area contributed by atoms with Crippen molar-refractivity contribution in [3.63, 3.8) is 0 Å². The number of rotatable bonds is 2. The highest BCUT2D eigenvalue weighted by molar-refractivity contribution is 7.89. The predicted molar refractivity (Wildman–Crippen MR) is 68.1 cm³/mol. The lowest BCUT2D eigenvalue weighted by Gasteiger charge is -2.32. The number of anilines is 1. The molecule has 0 aliphatic carbocycles. The van der Waals surface area contributed by atoms with E-state index in [4.69, 9.17) is 5.73 Å². The Balaban J connectivity index is 2.32. The first-order chi connectivity index (χ1) is 8.01. The van der Waals surface area contributed by atoms with Gasteiger partial charge in [-0.05, 0) is 44.0 Å². The van der Waals surface area contributed by atoms with Gasteiger partial charge in [-0.2, -0.15) is 4.31 Å². The quantitative estimate of drug-likeness (QED) is 0.819. The maximum atomic E-state index is 12.4. The normalized spacial score (nSPS) is 22.5. The molecule has 2 rings (SSSR count). The van der Waals surface area contributed by atoms with Gasteiger partial charge in [0.05, 0.1) is 4.90 Å². The summed E-state index contributed by atoms with van der Waals surface area (Å²) in [5, 5.41) is 0. The van der Waals surface area contributed by atoms with Crippen LogP contribution in [0.3, 0.4) is 0 Å². The van der Waals surface area contributed by atoms with E-state index in [0.29, 0.717) is 17.1 Å². The molecule has 1 atom stereocenters. The van der Waals surface area contributed by atoms with E-state index in [-0.39, 0.29) is 6.04 Å². The standard InChI is InChI=1S/C12H18N2O2S/c1-10-4-2-3-9-14(10)17(15,16)12-7-5-11(13)6-8-12/h5-8,10H,2-4,9,13H2,1H3/t10-/m0/s1.